The molecule has 10 heteroatoms. The highest BCUT2D eigenvalue weighted by atomic mass is 16.5. The molecule has 5 heterocycles. The first-order valence-corrected chi connectivity index (χ1v) is 13.7. The van der Waals surface area contributed by atoms with E-state index in [-0.39, 0.29) is 35.3 Å². The molecule has 6 rings (SSSR count). The number of anilines is 3. The first kappa shape index (κ1) is 25.0. The van der Waals surface area contributed by atoms with Gasteiger partial charge in [0.1, 0.15) is 11.5 Å². The van der Waals surface area contributed by atoms with Gasteiger partial charge in [-0.25, -0.2) is 9.97 Å². The fourth-order valence-corrected chi connectivity index (χ4v) is 6.72. The summed E-state index contributed by atoms with van der Waals surface area (Å²) in [5.41, 5.74) is 17.0. The molecule has 38 heavy (non-hydrogen) atoms. The number of hydrogen-bond acceptors (Lipinski definition) is 9. The van der Waals surface area contributed by atoms with Crippen LogP contribution >= 0.6 is 0 Å². The maximum absolute atomic E-state index is 9.78. The molecule has 2 aromatic rings. The van der Waals surface area contributed by atoms with E-state index < -0.39 is 0 Å². The van der Waals surface area contributed by atoms with Gasteiger partial charge in [0.05, 0.1) is 36.6 Å². The Morgan fingerprint density at radius 3 is 2.68 bits per heavy atom. The SMILES string of the molecule is C[C@@H]1OCC2(CCN(c3cnc(C(=N)N4CCCc5c4ccc(C#N)c5[C@H]4CCCO4)c(N)n3)CC2)[C@@H]1N. The van der Waals surface area contributed by atoms with Crippen LogP contribution in [0.25, 0.3) is 0 Å². The van der Waals surface area contributed by atoms with Crippen molar-refractivity contribution in [1.82, 2.24) is 9.97 Å². The topological polar surface area (TPSA) is 150 Å². The molecule has 0 saturated carbocycles. The number of nitrogens with zero attached hydrogens (tertiary/aromatic N) is 5. The van der Waals surface area contributed by atoms with Gasteiger partial charge in [0.2, 0.25) is 0 Å². The first-order valence-electron chi connectivity index (χ1n) is 13.7. The van der Waals surface area contributed by atoms with Crippen molar-refractivity contribution >= 4 is 23.2 Å². The Hall–Kier alpha value is -3.26. The quantitative estimate of drug-likeness (QED) is 0.413. The summed E-state index contributed by atoms with van der Waals surface area (Å²) in [4.78, 5) is 13.5. The number of ether oxygens (including phenoxy) is 2. The predicted octanol–water partition coefficient (Wildman–Crippen LogP) is 2.89. The van der Waals surface area contributed by atoms with Crippen LogP contribution in [0.1, 0.15) is 67.5 Å². The Bertz CT molecular complexity index is 1280. The average molecular weight is 517 g/mol. The third-order valence-corrected chi connectivity index (χ3v) is 9.01. The van der Waals surface area contributed by atoms with Crippen molar-refractivity contribution in [2.45, 2.75) is 63.7 Å². The monoisotopic (exact) mass is 516 g/mol. The molecule has 0 amide bonds. The molecule has 0 aliphatic carbocycles. The highest BCUT2D eigenvalue weighted by Crippen LogP contribution is 2.42. The van der Waals surface area contributed by atoms with Crippen molar-refractivity contribution in [3.8, 4) is 6.07 Å². The van der Waals surface area contributed by atoms with E-state index in [0.717, 1.165) is 87.5 Å². The normalized spacial score (nSPS) is 26.4. The van der Waals surface area contributed by atoms with Gasteiger partial charge in [-0.15, -0.1) is 0 Å². The van der Waals surface area contributed by atoms with Crippen molar-refractivity contribution < 1.29 is 9.47 Å². The number of piperidine rings is 1. The average Bonchev–Trinajstić information content (AvgIpc) is 3.57. The van der Waals surface area contributed by atoms with Gasteiger partial charge in [-0.3, -0.25) is 5.41 Å². The minimum Gasteiger partial charge on any atom is -0.382 e. The second kappa shape index (κ2) is 9.80. The molecular weight excluding hydrogens is 480 g/mol. The number of nitriles is 1. The fourth-order valence-electron chi connectivity index (χ4n) is 6.72. The zero-order valence-electron chi connectivity index (χ0n) is 21.9. The van der Waals surface area contributed by atoms with E-state index in [1.54, 1.807) is 6.20 Å². The van der Waals surface area contributed by atoms with E-state index in [1.807, 2.05) is 17.0 Å². The molecule has 1 aromatic heterocycles. The van der Waals surface area contributed by atoms with Gasteiger partial charge in [0.15, 0.2) is 11.7 Å². The lowest BCUT2D eigenvalue weighted by Gasteiger charge is -2.41. The van der Waals surface area contributed by atoms with Crippen molar-refractivity contribution in [2.24, 2.45) is 11.1 Å². The Labute approximate surface area is 223 Å². The van der Waals surface area contributed by atoms with Gasteiger partial charge >= 0.3 is 0 Å². The minimum atomic E-state index is -0.0601. The van der Waals surface area contributed by atoms with Crippen LogP contribution in [0, 0.1) is 22.2 Å². The van der Waals surface area contributed by atoms with Crippen LogP contribution in [-0.2, 0) is 15.9 Å². The Balaban J connectivity index is 1.23. The largest absolute Gasteiger partial charge is 0.382 e. The molecule has 10 nitrogen and oxygen atoms in total. The van der Waals surface area contributed by atoms with Gasteiger partial charge in [-0.1, -0.05) is 0 Å². The van der Waals surface area contributed by atoms with E-state index in [1.165, 1.54) is 0 Å². The zero-order valence-corrected chi connectivity index (χ0v) is 21.9. The molecule has 0 radical (unpaired) electrons. The van der Waals surface area contributed by atoms with Crippen LogP contribution in [0.2, 0.25) is 0 Å². The van der Waals surface area contributed by atoms with Crippen LogP contribution in [-0.4, -0.2) is 60.8 Å². The van der Waals surface area contributed by atoms with Crippen molar-refractivity contribution in [3.05, 3.63) is 40.7 Å². The third-order valence-electron chi connectivity index (χ3n) is 9.01. The van der Waals surface area contributed by atoms with Crippen molar-refractivity contribution in [3.63, 3.8) is 0 Å². The van der Waals surface area contributed by atoms with E-state index in [4.69, 9.17) is 26.4 Å². The van der Waals surface area contributed by atoms with E-state index >= 15 is 0 Å². The van der Waals surface area contributed by atoms with Crippen LogP contribution in [0.3, 0.4) is 0 Å². The van der Waals surface area contributed by atoms with Gasteiger partial charge in [-0.2, -0.15) is 5.26 Å². The number of fused-ring (bicyclic) bond motifs is 1. The summed E-state index contributed by atoms with van der Waals surface area (Å²) in [7, 11) is 0. The van der Waals surface area contributed by atoms with E-state index in [2.05, 4.69) is 27.9 Å². The summed E-state index contributed by atoms with van der Waals surface area (Å²) in [6, 6.07) is 6.20. The van der Waals surface area contributed by atoms with Gasteiger partial charge in [-0.05, 0) is 63.1 Å². The lowest BCUT2D eigenvalue weighted by atomic mass is 9.73. The standard InChI is InChI=1S/C28H36N8O2/c1-17-25(30)28(16-38-17)8-11-35(12-9-28)22-15-33-24(26(31)34-22)27(32)36-10-2-4-19-20(36)7-6-18(14-29)23(19)21-5-3-13-37-21/h6-7,15,17,21,25,32H,2-5,8-13,16,30H2,1H3,(H2,31,34)/t17-,21+,25+/m0/s1. The number of benzene rings is 1. The number of rotatable bonds is 3. The number of nitrogen functional groups attached to an aromatic ring is 1. The van der Waals surface area contributed by atoms with Gasteiger partial charge in [0, 0.05) is 48.9 Å². The molecular formula is C28H36N8O2. The second-order valence-corrected chi connectivity index (χ2v) is 11.1. The maximum Gasteiger partial charge on any atom is 0.155 e. The molecule has 3 atom stereocenters. The molecule has 1 spiro atoms. The van der Waals surface area contributed by atoms with Gasteiger partial charge < -0.3 is 30.7 Å². The highest BCUT2D eigenvalue weighted by molar-refractivity contribution is 6.10. The fraction of sp³-hybridized carbons (Fsp3) is 0.571. The number of aromatic nitrogens is 2. The smallest absolute Gasteiger partial charge is 0.155 e. The van der Waals surface area contributed by atoms with Crippen molar-refractivity contribution in [2.75, 3.05) is 48.4 Å². The summed E-state index contributed by atoms with van der Waals surface area (Å²) in [6.45, 7) is 5.81. The van der Waals surface area contributed by atoms with Gasteiger partial charge in [0.25, 0.3) is 0 Å². The van der Waals surface area contributed by atoms with Crippen LogP contribution in [0.4, 0.5) is 17.3 Å². The van der Waals surface area contributed by atoms with E-state index in [0.29, 0.717) is 17.8 Å². The van der Waals surface area contributed by atoms with Crippen LogP contribution in [0.5, 0.6) is 0 Å². The Morgan fingerprint density at radius 2 is 2.03 bits per heavy atom. The van der Waals surface area contributed by atoms with Crippen molar-refractivity contribution in [1.29, 1.82) is 10.7 Å². The summed E-state index contributed by atoms with van der Waals surface area (Å²) >= 11 is 0. The maximum atomic E-state index is 9.78. The number of nitrogens with two attached hydrogens (primary N) is 2. The molecule has 4 aliphatic rings. The zero-order chi connectivity index (χ0) is 26.4. The Kier molecular flexibility index (Phi) is 6.46. The highest BCUT2D eigenvalue weighted by Gasteiger charge is 2.47. The van der Waals surface area contributed by atoms with Crippen LogP contribution < -0.4 is 21.3 Å². The molecule has 3 fully saturated rings. The molecule has 0 bridgehead atoms. The second-order valence-electron chi connectivity index (χ2n) is 11.1. The predicted molar refractivity (Wildman–Crippen MR) is 145 cm³/mol. The Morgan fingerprint density at radius 1 is 1.21 bits per heavy atom. The third kappa shape index (κ3) is 4.10. The lowest BCUT2D eigenvalue weighted by molar-refractivity contribution is 0.0974. The molecule has 200 valence electrons. The molecule has 3 saturated heterocycles. The summed E-state index contributed by atoms with van der Waals surface area (Å²) in [5, 5.41) is 18.8. The summed E-state index contributed by atoms with van der Waals surface area (Å²) in [6.07, 6.45) is 7.29. The lowest BCUT2D eigenvalue weighted by Crippen LogP contribution is -2.50. The number of hydrogen-bond donors (Lipinski definition) is 3. The number of amidine groups is 1. The minimum absolute atomic E-state index is 0.0341. The van der Waals surface area contributed by atoms with Crippen LogP contribution in [0.15, 0.2) is 18.3 Å². The number of nitrogens with one attached hydrogen (secondary N) is 1. The van der Waals surface area contributed by atoms with E-state index in [9.17, 15) is 5.26 Å². The molecule has 1 aromatic carbocycles. The molecule has 5 N–H and O–H groups in total. The first-order chi connectivity index (χ1) is 18.4. The summed E-state index contributed by atoms with van der Waals surface area (Å²) in [5.74, 6) is 1.21. The summed E-state index contributed by atoms with van der Waals surface area (Å²) < 4.78 is 11.8. The molecule has 4 aliphatic heterocycles. The molecule has 0 unspecified atom stereocenters.